The van der Waals surface area contributed by atoms with Crippen LogP contribution in [0.4, 0.5) is 0 Å². The fourth-order valence-electron chi connectivity index (χ4n) is 3.64. The molecule has 1 aromatic heterocycles. The highest BCUT2D eigenvalue weighted by molar-refractivity contribution is 6.30. The zero-order valence-electron chi connectivity index (χ0n) is 16.8. The number of benzene rings is 3. The lowest BCUT2D eigenvalue weighted by Gasteiger charge is -2.14. The van der Waals surface area contributed by atoms with Gasteiger partial charge in [-0.15, -0.1) is 0 Å². The average molecular weight is 405 g/mol. The summed E-state index contributed by atoms with van der Waals surface area (Å²) < 4.78 is 8.38. The zero-order chi connectivity index (χ0) is 20.2. The van der Waals surface area contributed by atoms with E-state index in [0.717, 1.165) is 46.2 Å². The highest BCUT2D eigenvalue weighted by Gasteiger charge is 2.13. The average Bonchev–Trinajstić information content (AvgIpc) is 3.10. The minimum absolute atomic E-state index is 0.443. The minimum atomic E-state index is 0.443. The minimum Gasteiger partial charge on any atom is -0.493 e. The summed E-state index contributed by atoms with van der Waals surface area (Å²) in [6.07, 6.45) is 0.889. The maximum absolute atomic E-state index is 6.22. The molecule has 4 aromatic rings. The fourth-order valence-corrected chi connectivity index (χ4v) is 3.83. The second-order valence-electron chi connectivity index (χ2n) is 7.48. The van der Waals surface area contributed by atoms with Gasteiger partial charge < -0.3 is 9.30 Å². The molecule has 0 amide bonds. The van der Waals surface area contributed by atoms with Gasteiger partial charge >= 0.3 is 0 Å². The third-order valence-electron chi connectivity index (χ3n) is 5.06. The second kappa shape index (κ2) is 8.71. The molecule has 1 heterocycles. The van der Waals surface area contributed by atoms with Gasteiger partial charge in [0, 0.05) is 17.1 Å². The quantitative estimate of drug-likeness (QED) is 0.311. The molecular formula is C25H25ClN2O. The summed E-state index contributed by atoms with van der Waals surface area (Å²) in [4.78, 5) is 4.86. The number of fused-ring (bicyclic) bond motifs is 1. The molecule has 0 aliphatic rings. The molecule has 4 heteroatoms. The summed E-state index contributed by atoms with van der Waals surface area (Å²) in [5.41, 5.74) is 4.40. The normalized spacial score (nSPS) is 11.3. The molecule has 0 fully saturated rings. The van der Waals surface area contributed by atoms with E-state index in [2.05, 4.69) is 60.9 Å². The van der Waals surface area contributed by atoms with Crippen LogP contribution in [0.25, 0.3) is 22.4 Å². The van der Waals surface area contributed by atoms with E-state index >= 15 is 0 Å². The molecule has 0 aliphatic heterocycles. The van der Waals surface area contributed by atoms with Crippen LogP contribution >= 0.6 is 11.6 Å². The summed E-state index contributed by atoms with van der Waals surface area (Å²) in [6, 6.07) is 24.4. The first kappa shape index (κ1) is 19.5. The van der Waals surface area contributed by atoms with E-state index in [1.54, 1.807) is 0 Å². The Morgan fingerprint density at radius 2 is 1.76 bits per heavy atom. The highest BCUT2D eigenvalue weighted by Crippen LogP contribution is 2.28. The van der Waals surface area contributed by atoms with E-state index in [1.807, 2.05) is 30.3 Å². The Hall–Kier alpha value is -2.78. The SMILES string of the molecule is CC(C)c1ccccc1OCCCn1c(-c2cccc(Cl)c2)nc2ccccc21. The van der Waals surface area contributed by atoms with Crippen molar-refractivity contribution < 1.29 is 4.74 Å². The second-order valence-corrected chi connectivity index (χ2v) is 7.92. The maximum atomic E-state index is 6.22. The van der Waals surface area contributed by atoms with Crippen LogP contribution in [0.1, 0.15) is 31.7 Å². The van der Waals surface area contributed by atoms with Gasteiger partial charge in [-0.3, -0.25) is 0 Å². The van der Waals surface area contributed by atoms with Crippen molar-refractivity contribution in [2.24, 2.45) is 0 Å². The van der Waals surface area contributed by atoms with Crippen molar-refractivity contribution in [1.82, 2.24) is 9.55 Å². The van der Waals surface area contributed by atoms with Crippen molar-refractivity contribution in [3.8, 4) is 17.1 Å². The monoisotopic (exact) mass is 404 g/mol. The van der Waals surface area contributed by atoms with Crippen molar-refractivity contribution in [2.45, 2.75) is 32.7 Å². The Morgan fingerprint density at radius 3 is 2.59 bits per heavy atom. The van der Waals surface area contributed by atoms with Crippen molar-refractivity contribution in [3.63, 3.8) is 0 Å². The van der Waals surface area contributed by atoms with Crippen LogP contribution in [0.3, 0.4) is 0 Å². The van der Waals surface area contributed by atoms with Crippen molar-refractivity contribution >= 4 is 22.6 Å². The number of halogens is 1. The molecule has 0 bridgehead atoms. The lowest BCUT2D eigenvalue weighted by Crippen LogP contribution is -2.07. The Bertz CT molecular complexity index is 1120. The van der Waals surface area contributed by atoms with Crippen LogP contribution < -0.4 is 4.74 Å². The van der Waals surface area contributed by atoms with Crippen LogP contribution in [0.2, 0.25) is 5.02 Å². The third-order valence-corrected chi connectivity index (χ3v) is 5.30. The predicted octanol–water partition coefficient (Wildman–Crippen LogP) is 6.95. The van der Waals surface area contributed by atoms with Crippen LogP contribution in [-0.2, 0) is 6.54 Å². The van der Waals surface area contributed by atoms with Gasteiger partial charge in [-0.25, -0.2) is 4.98 Å². The lowest BCUT2D eigenvalue weighted by molar-refractivity contribution is 0.299. The Balaban J connectivity index is 1.54. The molecule has 0 saturated carbocycles. The number of ether oxygens (including phenoxy) is 1. The maximum Gasteiger partial charge on any atom is 0.141 e. The summed E-state index contributed by atoms with van der Waals surface area (Å²) >= 11 is 6.22. The Kier molecular flexibility index (Phi) is 5.86. The number of aryl methyl sites for hydroxylation is 1. The van der Waals surface area contributed by atoms with E-state index in [0.29, 0.717) is 12.5 Å². The van der Waals surface area contributed by atoms with E-state index in [-0.39, 0.29) is 0 Å². The number of hydrogen-bond acceptors (Lipinski definition) is 2. The molecule has 0 unspecified atom stereocenters. The summed E-state index contributed by atoms with van der Waals surface area (Å²) in [6.45, 7) is 5.87. The van der Waals surface area contributed by atoms with E-state index in [1.165, 1.54) is 5.56 Å². The van der Waals surface area contributed by atoms with Gasteiger partial charge in [0.15, 0.2) is 0 Å². The fraction of sp³-hybridized carbons (Fsp3) is 0.240. The molecule has 4 rings (SSSR count). The molecule has 0 atom stereocenters. The highest BCUT2D eigenvalue weighted by atomic mass is 35.5. The number of aromatic nitrogens is 2. The number of nitrogens with zero attached hydrogens (tertiary/aromatic N) is 2. The predicted molar refractivity (Wildman–Crippen MR) is 121 cm³/mol. The molecular weight excluding hydrogens is 380 g/mol. The smallest absolute Gasteiger partial charge is 0.141 e. The molecule has 148 valence electrons. The number of para-hydroxylation sites is 3. The summed E-state index contributed by atoms with van der Waals surface area (Å²) in [7, 11) is 0. The van der Waals surface area contributed by atoms with E-state index < -0.39 is 0 Å². The molecule has 0 saturated heterocycles. The van der Waals surface area contributed by atoms with Crippen molar-refractivity contribution in [2.75, 3.05) is 6.61 Å². The van der Waals surface area contributed by atoms with Crippen LogP contribution in [0, 0.1) is 0 Å². The van der Waals surface area contributed by atoms with Gasteiger partial charge in [-0.05, 0) is 48.2 Å². The van der Waals surface area contributed by atoms with Gasteiger partial charge in [-0.2, -0.15) is 0 Å². The molecule has 0 radical (unpaired) electrons. The Morgan fingerprint density at radius 1 is 0.966 bits per heavy atom. The number of hydrogen-bond donors (Lipinski definition) is 0. The number of rotatable bonds is 7. The Labute approximate surface area is 176 Å². The first-order chi connectivity index (χ1) is 14.1. The van der Waals surface area contributed by atoms with Crippen LogP contribution in [0.15, 0.2) is 72.8 Å². The lowest BCUT2D eigenvalue weighted by atomic mass is 10.0. The third kappa shape index (κ3) is 4.30. The molecule has 3 aromatic carbocycles. The summed E-state index contributed by atoms with van der Waals surface area (Å²) in [5, 5.41) is 0.717. The van der Waals surface area contributed by atoms with Gasteiger partial charge in [-0.1, -0.05) is 67.9 Å². The molecule has 0 N–H and O–H groups in total. The van der Waals surface area contributed by atoms with Crippen LogP contribution in [-0.4, -0.2) is 16.2 Å². The van der Waals surface area contributed by atoms with Crippen molar-refractivity contribution in [1.29, 1.82) is 0 Å². The van der Waals surface area contributed by atoms with E-state index in [9.17, 15) is 0 Å². The first-order valence-corrected chi connectivity index (χ1v) is 10.4. The molecule has 29 heavy (non-hydrogen) atoms. The molecule has 0 aliphatic carbocycles. The van der Waals surface area contributed by atoms with Crippen LogP contribution in [0.5, 0.6) is 5.75 Å². The van der Waals surface area contributed by atoms with Gasteiger partial charge in [0.1, 0.15) is 11.6 Å². The number of imidazole rings is 1. The summed E-state index contributed by atoms with van der Waals surface area (Å²) in [5.74, 6) is 2.36. The molecule has 0 spiro atoms. The standard InChI is InChI=1S/C25H25ClN2O/c1-18(2)21-11-3-6-14-24(21)29-16-8-15-28-23-13-5-4-12-22(23)27-25(28)19-9-7-10-20(26)17-19/h3-7,9-14,17-18H,8,15-16H2,1-2H3. The van der Waals surface area contributed by atoms with Gasteiger partial charge in [0.25, 0.3) is 0 Å². The van der Waals surface area contributed by atoms with Crippen molar-refractivity contribution in [3.05, 3.63) is 83.4 Å². The first-order valence-electron chi connectivity index (χ1n) is 10.1. The van der Waals surface area contributed by atoms with E-state index in [4.69, 9.17) is 21.3 Å². The topological polar surface area (TPSA) is 27.1 Å². The molecule has 3 nitrogen and oxygen atoms in total. The largest absolute Gasteiger partial charge is 0.493 e. The van der Waals surface area contributed by atoms with Gasteiger partial charge in [0.05, 0.1) is 17.6 Å². The zero-order valence-corrected chi connectivity index (χ0v) is 17.6. The van der Waals surface area contributed by atoms with Gasteiger partial charge in [0.2, 0.25) is 0 Å².